The molecule has 318 valence electrons. The number of allylic oxidation sites excluding steroid dienone is 3. The molecule has 1 fully saturated rings. The maximum Gasteiger partial charge on any atom is 0.308 e. The maximum atomic E-state index is 13.7. The van der Waals surface area contributed by atoms with Gasteiger partial charge < -0.3 is 44.9 Å². The molecule has 2 aliphatic rings. The van der Waals surface area contributed by atoms with Crippen molar-refractivity contribution in [1.29, 1.82) is 0 Å². The Morgan fingerprint density at radius 1 is 1.07 bits per heavy atom. The lowest BCUT2D eigenvalue weighted by molar-refractivity contribution is -0.304. The van der Waals surface area contributed by atoms with E-state index in [0.29, 0.717) is 38.0 Å². The Kier molecular flexibility index (Phi) is 16.2. The fraction of sp³-hybridized carbons (Fsp3) is 0.605. The summed E-state index contributed by atoms with van der Waals surface area (Å²) in [6.45, 7) is 9.59. The number of aromatic nitrogens is 4. The first kappa shape index (κ1) is 45.2. The number of para-hydroxylation sites is 1. The van der Waals surface area contributed by atoms with Crippen LogP contribution in [0.1, 0.15) is 66.0 Å². The highest BCUT2D eigenvalue weighted by atomic mass is 16.7. The summed E-state index contributed by atoms with van der Waals surface area (Å²) in [7, 11) is 3.51. The van der Waals surface area contributed by atoms with Crippen LogP contribution in [-0.4, -0.2) is 133 Å². The summed E-state index contributed by atoms with van der Waals surface area (Å²) in [5.41, 5.74) is 3.10. The first-order valence-corrected chi connectivity index (χ1v) is 20.4. The van der Waals surface area contributed by atoms with Crippen molar-refractivity contribution in [3.8, 4) is 5.69 Å². The van der Waals surface area contributed by atoms with Gasteiger partial charge in [0.2, 0.25) is 0 Å². The van der Waals surface area contributed by atoms with E-state index >= 15 is 0 Å². The highest BCUT2D eigenvalue weighted by Crippen LogP contribution is 2.34. The second kappa shape index (κ2) is 20.9. The van der Waals surface area contributed by atoms with E-state index in [-0.39, 0.29) is 24.7 Å². The fourth-order valence-corrected chi connectivity index (χ4v) is 8.05. The molecule has 1 saturated heterocycles. The molecule has 5 rings (SSSR count). The number of aliphatic hydroxyl groups excluding tert-OH is 4. The van der Waals surface area contributed by atoms with Gasteiger partial charge >= 0.3 is 5.97 Å². The maximum absolute atomic E-state index is 13.7. The minimum absolute atomic E-state index is 0.109. The zero-order valence-electron chi connectivity index (χ0n) is 34.7. The number of rotatable bonds is 11. The lowest BCUT2D eigenvalue weighted by atomic mass is 9.79. The molecule has 0 saturated carbocycles. The van der Waals surface area contributed by atoms with E-state index in [1.807, 2.05) is 57.3 Å². The molecule has 0 aliphatic carbocycles. The van der Waals surface area contributed by atoms with Crippen LogP contribution in [0, 0.1) is 23.7 Å². The van der Waals surface area contributed by atoms with Gasteiger partial charge in [0, 0.05) is 29.7 Å². The highest BCUT2D eigenvalue weighted by molar-refractivity contribution is 5.91. The van der Waals surface area contributed by atoms with Crippen LogP contribution in [0.4, 0.5) is 0 Å². The zero-order chi connectivity index (χ0) is 42.1. The van der Waals surface area contributed by atoms with E-state index < -0.39 is 72.7 Å². The Bertz CT molecular complexity index is 1870. The van der Waals surface area contributed by atoms with E-state index in [1.165, 1.54) is 6.08 Å². The number of ether oxygens (including phenoxy) is 3. The molecule has 2 aromatic heterocycles. The molecular weight excluding hydrogens is 745 g/mol. The van der Waals surface area contributed by atoms with Crippen molar-refractivity contribution in [3.05, 3.63) is 72.2 Å². The number of nitrogens with zero attached hydrogens (tertiary/aromatic N) is 5. The van der Waals surface area contributed by atoms with Gasteiger partial charge in [-0.05, 0) is 77.9 Å². The van der Waals surface area contributed by atoms with Gasteiger partial charge in [-0.3, -0.25) is 14.6 Å². The number of carbonyl (C=O) groups is 2. The van der Waals surface area contributed by atoms with Crippen molar-refractivity contribution in [3.63, 3.8) is 0 Å². The van der Waals surface area contributed by atoms with Crippen LogP contribution < -0.4 is 5.32 Å². The topological polar surface area (TPSA) is 202 Å². The van der Waals surface area contributed by atoms with Gasteiger partial charge in [0.25, 0.3) is 0 Å². The minimum Gasteiger partial charge on any atom is -0.462 e. The quantitative estimate of drug-likeness (QED) is 0.140. The Hall–Kier alpha value is -3.93. The molecule has 2 aliphatic heterocycles. The van der Waals surface area contributed by atoms with Gasteiger partial charge in [-0.15, -0.1) is 5.10 Å². The largest absolute Gasteiger partial charge is 0.462 e. The molecule has 1 aromatic carbocycles. The fourth-order valence-electron chi connectivity index (χ4n) is 8.05. The average Bonchev–Trinajstić information content (AvgIpc) is 3.68. The van der Waals surface area contributed by atoms with Gasteiger partial charge in [-0.25, -0.2) is 4.68 Å². The SMILES string of the molecule is CC[C@H]1OC(=O)C[C@@H](O)[C@H](C)[C@@H](O[C@@H]2O[C@H](C)[C@@H](O)C(N(C)C)C2O)[C@@H](CCNCc2cn(-c3cnc4ccccc4c3)nn2)C[C@@H](C)C(=O)/C=C/C(C)=C/[C@@H]1CO. The smallest absolute Gasteiger partial charge is 0.308 e. The molecule has 0 bridgehead atoms. The van der Waals surface area contributed by atoms with Crippen molar-refractivity contribution in [2.75, 3.05) is 27.2 Å². The Labute approximate surface area is 341 Å². The number of aliphatic hydroxyl groups is 4. The monoisotopic (exact) mass is 806 g/mol. The Balaban J connectivity index is 1.41. The van der Waals surface area contributed by atoms with E-state index in [1.54, 1.807) is 55.9 Å². The summed E-state index contributed by atoms with van der Waals surface area (Å²) >= 11 is 0. The summed E-state index contributed by atoms with van der Waals surface area (Å²) in [6.07, 6.45) is 2.69. The number of carbonyl (C=O) groups excluding carboxylic acids is 2. The molecule has 3 aromatic rings. The van der Waals surface area contributed by atoms with Crippen LogP contribution in [0.5, 0.6) is 0 Å². The van der Waals surface area contributed by atoms with Crippen molar-refractivity contribution >= 4 is 22.7 Å². The lowest BCUT2D eigenvalue weighted by Crippen LogP contribution is -2.63. The average molecular weight is 807 g/mol. The Morgan fingerprint density at radius 2 is 1.83 bits per heavy atom. The van der Waals surface area contributed by atoms with Gasteiger partial charge in [-0.2, -0.15) is 0 Å². The van der Waals surface area contributed by atoms with E-state index in [0.717, 1.165) is 22.2 Å². The van der Waals surface area contributed by atoms with Crippen LogP contribution in [0.15, 0.2) is 66.5 Å². The molecule has 4 heterocycles. The number of likely N-dealkylation sites (N-methyl/N-ethyl adjacent to an activating group) is 1. The molecule has 15 nitrogen and oxygen atoms in total. The summed E-state index contributed by atoms with van der Waals surface area (Å²) in [6, 6.07) is 9.13. The number of fused-ring (bicyclic) bond motifs is 1. The van der Waals surface area contributed by atoms with Gasteiger partial charge in [0.15, 0.2) is 12.1 Å². The molecule has 12 atom stereocenters. The summed E-state index contributed by atoms with van der Waals surface area (Å²) < 4.78 is 20.3. The standard InChI is InChI=1S/C43H62N6O9/c1-8-37-31(24-50)17-25(2)13-14-35(51)26(3)18-30(15-16-44-21-32-23-49(47-46-32)33-19-29-11-9-10-12-34(29)45-22-33)42(27(4)36(52)20-38(53)57-37)58-43-41(55)39(48(6)7)40(54)28(5)56-43/h9-14,17,19,22-23,26-28,30-31,36-37,39-44,50,52,54-55H,8,15-16,18,20-21,24H2,1-7H3/b14-13+,25-17+/t26-,27+,28-,30+,31-,36-,37-,39?,40-,41?,42-,43+/m1/s1. The molecule has 0 amide bonds. The third-order valence-electron chi connectivity index (χ3n) is 11.5. The number of nitrogens with one attached hydrogen (secondary N) is 1. The third kappa shape index (κ3) is 11.4. The Morgan fingerprint density at radius 3 is 2.55 bits per heavy atom. The lowest BCUT2D eigenvalue weighted by Gasteiger charge is -2.46. The minimum atomic E-state index is -1.26. The zero-order valence-corrected chi connectivity index (χ0v) is 34.7. The highest BCUT2D eigenvalue weighted by Gasteiger charge is 2.47. The number of ketones is 1. The van der Waals surface area contributed by atoms with Crippen molar-refractivity contribution in [1.82, 2.24) is 30.2 Å². The number of esters is 1. The van der Waals surface area contributed by atoms with E-state index in [4.69, 9.17) is 14.2 Å². The molecule has 58 heavy (non-hydrogen) atoms. The van der Waals surface area contributed by atoms with Gasteiger partial charge in [0.05, 0.1) is 72.8 Å². The summed E-state index contributed by atoms with van der Waals surface area (Å²) in [4.78, 5) is 33.3. The first-order chi connectivity index (χ1) is 27.7. The van der Waals surface area contributed by atoms with Crippen LogP contribution in [0.2, 0.25) is 0 Å². The van der Waals surface area contributed by atoms with Gasteiger partial charge in [0.1, 0.15) is 12.2 Å². The van der Waals surface area contributed by atoms with Crippen LogP contribution in [-0.2, 0) is 30.3 Å². The van der Waals surface area contributed by atoms with Crippen LogP contribution in [0.25, 0.3) is 16.6 Å². The van der Waals surface area contributed by atoms with Gasteiger partial charge in [-0.1, -0.05) is 61.9 Å². The molecule has 0 spiro atoms. The number of pyridine rings is 1. The molecule has 2 unspecified atom stereocenters. The van der Waals surface area contributed by atoms with Crippen molar-refractivity contribution < 1.29 is 44.2 Å². The number of hydrogen-bond donors (Lipinski definition) is 5. The van der Waals surface area contributed by atoms with Crippen LogP contribution >= 0.6 is 0 Å². The second-order valence-electron chi connectivity index (χ2n) is 16.2. The molecule has 5 N–H and O–H groups in total. The molecule has 0 radical (unpaired) electrons. The number of cyclic esters (lactones) is 1. The number of hydrogen-bond acceptors (Lipinski definition) is 14. The normalized spacial score (nSPS) is 33.5. The van der Waals surface area contributed by atoms with Crippen LogP contribution in [0.3, 0.4) is 0 Å². The predicted octanol–water partition coefficient (Wildman–Crippen LogP) is 3.12. The molecular formula is C43H62N6O9. The van der Waals surface area contributed by atoms with Crippen molar-refractivity contribution in [2.24, 2.45) is 23.7 Å². The summed E-state index contributed by atoms with van der Waals surface area (Å²) in [5, 5.41) is 57.4. The van der Waals surface area contributed by atoms with E-state index in [2.05, 4.69) is 20.6 Å². The number of benzene rings is 1. The van der Waals surface area contributed by atoms with E-state index in [9.17, 15) is 30.0 Å². The predicted molar refractivity (Wildman–Crippen MR) is 217 cm³/mol. The first-order valence-electron chi connectivity index (χ1n) is 20.4. The third-order valence-corrected chi connectivity index (χ3v) is 11.5. The molecule has 15 heteroatoms. The summed E-state index contributed by atoms with van der Waals surface area (Å²) in [5.74, 6) is -2.80. The second-order valence-corrected chi connectivity index (χ2v) is 16.2. The van der Waals surface area contributed by atoms with Crippen molar-refractivity contribution in [2.45, 2.75) is 116 Å².